The maximum absolute atomic E-state index is 12.9. The Bertz CT molecular complexity index is 1190. The molecule has 0 heterocycles. The molecular weight excluding hydrogens is 714 g/mol. The molecule has 0 aromatic heterocycles. The van der Waals surface area contributed by atoms with Crippen LogP contribution in [0.15, 0.2) is 36.4 Å². The molecule has 0 atom stereocenters. The van der Waals surface area contributed by atoms with Gasteiger partial charge in [-0.25, -0.2) is 0 Å². The lowest BCUT2D eigenvalue weighted by Gasteiger charge is -2.13. The first-order valence-electron chi connectivity index (χ1n) is 14.3. The molecule has 0 spiro atoms. The van der Waals surface area contributed by atoms with Crippen LogP contribution in [0.5, 0.6) is 0 Å². The summed E-state index contributed by atoms with van der Waals surface area (Å²) in [7, 11) is 0. The molecule has 2 aromatic rings. The summed E-state index contributed by atoms with van der Waals surface area (Å²) in [5, 5.41) is 16.2. The van der Waals surface area contributed by atoms with Gasteiger partial charge in [0.05, 0.1) is 51.9 Å². The summed E-state index contributed by atoms with van der Waals surface area (Å²) in [6, 6.07) is 9.00. The van der Waals surface area contributed by atoms with E-state index < -0.39 is 11.8 Å². The molecule has 20 heteroatoms. The molecule has 0 fully saturated rings. The number of hydrogen-bond donors (Lipinski definition) is 10. The largest absolute Gasteiger partial charge is 1.00 e. The van der Waals surface area contributed by atoms with Gasteiger partial charge in [0.1, 0.15) is 0 Å². The van der Waals surface area contributed by atoms with Crippen molar-refractivity contribution >= 4 is 58.2 Å². The SMILES string of the molecule is [Cl-].[Cl-].[Cl-].[Cl-].[NH3+]CCC(=O)Nc1cc(NC(=O)CC[NH3+])cc(C(=O)NCCNC(=O)c2cc(NC(=O)CC[NH3+])cc(NC(=O)CC[NH3+])c2)c1. The minimum absolute atomic E-state index is 0. The van der Waals surface area contributed by atoms with Gasteiger partial charge in [-0.1, -0.05) is 0 Å². The molecule has 0 aliphatic rings. The Morgan fingerprint density at radius 1 is 0.417 bits per heavy atom. The standard InChI is InChI=1S/C28H40N10O6.4ClH/c29-5-1-23(39)35-19-11-17(12-20(15-19)36-24(40)2-6-30)27(43)33-9-10-34-28(44)18-13-21(37-25(41)3-7-31)16-22(14-18)38-26(42)4-8-32;;;;/h11-16H,1-10,29-32H2,(H,33,43)(H,34,44)(H,35,39)(H,36,40)(H,37,41)(H,38,42);4*1H. The van der Waals surface area contributed by atoms with E-state index >= 15 is 0 Å². The number of benzene rings is 2. The average Bonchev–Trinajstić information content (AvgIpc) is 2.95. The average molecular weight is 759 g/mol. The van der Waals surface area contributed by atoms with Gasteiger partial charge in [-0.2, -0.15) is 0 Å². The molecule has 0 saturated carbocycles. The number of carbonyl (C=O) groups excluding carboxylic acids is 6. The van der Waals surface area contributed by atoms with Crippen LogP contribution in [0.3, 0.4) is 0 Å². The lowest BCUT2D eigenvalue weighted by Crippen LogP contribution is -3.00. The van der Waals surface area contributed by atoms with Crippen LogP contribution in [-0.4, -0.2) is 74.7 Å². The summed E-state index contributed by atoms with van der Waals surface area (Å²) in [6.07, 6.45) is 0.758. The smallest absolute Gasteiger partial charge is 0.251 e. The van der Waals surface area contributed by atoms with Crippen molar-refractivity contribution in [1.29, 1.82) is 0 Å². The number of anilines is 4. The fraction of sp³-hybridized carbons (Fsp3) is 0.357. The Labute approximate surface area is 303 Å². The van der Waals surface area contributed by atoms with E-state index in [2.05, 4.69) is 54.8 Å². The van der Waals surface area contributed by atoms with Gasteiger partial charge >= 0.3 is 0 Å². The van der Waals surface area contributed by atoms with Gasteiger partial charge in [-0.3, -0.25) is 28.8 Å². The highest BCUT2D eigenvalue weighted by molar-refractivity contribution is 6.02. The van der Waals surface area contributed by atoms with Crippen LogP contribution >= 0.6 is 0 Å². The van der Waals surface area contributed by atoms with E-state index in [9.17, 15) is 28.8 Å². The fourth-order valence-corrected chi connectivity index (χ4v) is 3.90. The van der Waals surface area contributed by atoms with E-state index in [1.807, 2.05) is 0 Å². The maximum atomic E-state index is 12.9. The van der Waals surface area contributed by atoms with E-state index in [0.29, 0.717) is 48.9 Å². The van der Waals surface area contributed by atoms with Crippen LogP contribution in [0.4, 0.5) is 22.7 Å². The molecule has 2 rings (SSSR count). The van der Waals surface area contributed by atoms with E-state index in [4.69, 9.17) is 0 Å². The van der Waals surface area contributed by atoms with Crippen molar-refractivity contribution in [2.45, 2.75) is 25.7 Å². The Morgan fingerprint density at radius 2 is 0.646 bits per heavy atom. The molecule has 18 N–H and O–H groups in total. The highest BCUT2D eigenvalue weighted by Crippen LogP contribution is 2.21. The topological polar surface area (TPSA) is 285 Å². The van der Waals surface area contributed by atoms with Crippen molar-refractivity contribution in [3.05, 3.63) is 47.5 Å². The van der Waals surface area contributed by atoms with Crippen molar-refractivity contribution in [1.82, 2.24) is 10.6 Å². The molecular formula is C28H44Cl4N10O6. The Balaban J connectivity index is -0.00000506. The zero-order chi connectivity index (χ0) is 32.5. The van der Waals surface area contributed by atoms with Crippen molar-refractivity contribution in [3.8, 4) is 0 Å². The molecule has 0 radical (unpaired) electrons. The number of rotatable bonds is 17. The van der Waals surface area contributed by atoms with Crippen LogP contribution in [0, 0.1) is 0 Å². The number of carbonyl (C=O) groups is 6. The van der Waals surface area contributed by atoms with Gasteiger partial charge in [0.2, 0.25) is 23.6 Å². The number of amides is 6. The van der Waals surface area contributed by atoms with Gasteiger partial charge in [0, 0.05) is 47.0 Å². The quantitative estimate of drug-likeness (QED) is 0.0699. The third kappa shape index (κ3) is 18.0. The Kier molecular flexibility index (Phi) is 26.6. The van der Waals surface area contributed by atoms with E-state index in [-0.39, 0.29) is 123 Å². The second-order valence-corrected chi connectivity index (χ2v) is 9.72. The lowest BCUT2D eigenvalue weighted by molar-refractivity contribution is -0.366. The first-order chi connectivity index (χ1) is 21.1. The third-order valence-electron chi connectivity index (χ3n) is 5.84. The summed E-state index contributed by atoms with van der Waals surface area (Å²) in [4.78, 5) is 74.2. The number of halogens is 4. The molecule has 0 saturated heterocycles. The Hall–Kier alpha value is -3.74. The van der Waals surface area contributed by atoms with Crippen LogP contribution in [0.25, 0.3) is 0 Å². The summed E-state index contributed by atoms with van der Waals surface area (Å²) < 4.78 is 0. The van der Waals surface area contributed by atoms with Crippen molar-refractivity contribution in [2.75, 3.05) is 60.5 Å². The van der Waals surface area contributed by atoms with Gasteiger partial charge in [0.15, 0.2) is 0 Å². The normalized spacial score (nSPS) is 9.50. The van der Waals surface area contributed by atoms with Crippen molar-refractivity contribution in [3.63, 3.8) is 0 Å². The zero-order valence-corrected chi connectivity index (χ0v) is 29.3. The van der Waals surface area contributed by atoms with Gasteiger partial charge < -0.3 is 104 Å². The fourth-order valence-electron chi connectivity index (χ4n) is 3.90. The van der Waals surface area contributed by atoms with Gasteiger partial charge in [-0.15, -0.1) is 0 Å². The van der Waals surface area contributed by atoms with E-state index in [1.54, 1.807) is 12.1 Å². The second-order valence-electron chi connectivity index (χ2n) is 9.72. The first-order valence-corrected chi connectivity index (χ1v) is 14.3. The highest BCUT2D eigenvalue weighted by Gasteiger charge is 2.15. The Morgan fingerprint density at radius 3 is 0.854 bits per heavy atom. The maximum Gasteiger partial charge on any atom is 0.251 e. The third-order valence-corrected chi connectivity index (χ3v) is 5.84. The summed E-state index contributed by atoms with van der Waals surface area (Å²) in [6.45, 7) is 1.69. The molecule has 6 amide bonds. The molecule has 270 valence electrons. The summed E-state index contributed by atoms with van der Waals surface area (Å²) >= 11 is 0. The predicted molar refractivity (Wildman–Crippen MR) is 162 cm³/mol. The molecule has 16 nitrogen and oxygen atoms in total. The molecule has 0 bridgehead atoms. The summed E-state index contributed by atoms with van der Waals surface area (Å²) in [5.41, 5.74) is 16.3. The highest BCUT2D eigenvalue weighted by atomic mass is 35.5. The van der Waals surface area contributed by atoms with E-state index in [1.165, 1.54) is 24.3 Å². The molecule has 48 heavy (non-hydrogen) atoms. The lowest BCUT2D eigenvalue weighted by atomic mass is 10.1. The number of quaternary nitrogens is 4. The second kappa shape index (κ2) is 26.2. The zero-order valence-electron chi connectivity index (χ0n) is 26.3. The van der Waals surface area contributed by atoms with E-state index in [0.717, 1.165) is 0 Å². The molecule has 0 aliphatic carbocycles. The number of hydrogen-bond acceptors (Lipinski definition) is 6. The minimum atomic E-state index is -0.495. The monoisotopic (exact) mass is 756 g/mol. The van der Waals surface area contributed by atoms with Crippen molar-refractivity contribution in [2.24, 2.45) is 0 Å². The molecule has 0 aliphatic heterocycles. The molecule has 0 unspecified atom stereocenters. The first kappa shape index (κ1) is 48.7. The van der Waals surface area contributed by atoms with Crippen LogP contribution in [-0.2, 0) is 19.2 Å². The number of nitrogens with one attached hydrogen (secondary N) is 6. The molecule has 2 aromatic carbocycles. The van der Waals surface area contributed by atoms with Crippen LogP contribution < -0.4 is 104 Å². The summed E-state index contributed by atoms with van der Waals surface area (Å²) in [5.74, 6) is -2.13. The van der Waals surface area contributed by atoms with Crippen molar-refractivity contribution < 1.29 is 101 Å². The van der Waals surface area contributed by atoms with Crippen LogP contribution in [0.1, 0.15) is 46.4 Å². The van der Waals surface area contributed by atoms with Crippen LogP contribution in [0.2, 0.25) is 0 Å². The van der Waals surface area contributed by atoms with Gasteiger partial charge in [0.25, 0.3) is 11.8 Å². The predicted octanol–water partition coefficient (Wildman–Crippen LogP) is -15.9. The van der Waals surface area contributed by atoms with Gasteiger partial charge in [-0.05, 0) is 36.4 Å². The minimum Gasteiger partial charge on any atom is -1.00 e.